The van der Waals surface area contributed by atoms with Gasteiger partial charge in [-0.1, -0.05) is 0 Å². The standard InChI is InChI=1S/C17H20N4O3/c18-11-12-5-7-13(8-6-12)17(24)20-9-1-4-15(22)21-10-2-3-14(21)16(19)23/h5-8,14H,1-4,9-10H2,(H2,19,23)(H,20,24)/t14-/m0/s1. The minimum absolute atomic E-state index is 0.107. The monoisotopic (exact) mass is 328 g/mol. The minimum Gasteiger partial charge on any atom is -0.368 e. The number of hydrogen-bond acceptors (Lipinski definition) is 4. The number of nitrogens with zero attached hydrogens (tertiary/aromatic N) is 2. The van der Waals surface area contributed by atoms with Crippen LogP contribution in [0.4, 0.5) is 0 Å². The van der Waals surface area contributed by atoms with E-state index in [-0.39, 0.29) is 18.2 Å². The second kappa shape index (κ2) is 8.11. The first-order valence-corrected chi connectivity index (χ1v) is 7.90. The van der Waals surface area contributed by atoms with Crippen LogP contribution < -0.4 is 11.1 Å². The van der Waals surface area contributed by atoms with Crippen LogP contribution in [-0.2, 0) is 9.59 Å². The second-order valence-corrected chi connectivity index (χ2v) is 5.70. The lowest BCUT2D eigenvalue weighted by Crippen LogP contribution is -2.43. The maximum atomic E-state index is 12.1. The van der Waals surface area contributed by atoms with E-state index in [2.05, 4.69) is 5.32 Å². The van der Waals surface area contributed by atoms with Gasteiger partial charge in [0, 0.05) is 25.1 Å². The van der Waals surface area contributed by atoms with Crippen LogP contribution in [0.15, 0.2) is 24.3 Å². The van der Waals surface area contributed by atoms with Crippen molar-refractivity contribution in [3.63, 3.8) is 0 Å². The number of carbonyl (C=O) groups excluding carboxylic acids is 3. The minimum atomic E-state index is -0.495. The van der Waals surface area contributed by atoms with Crippen LogP contribution in [0.25, 0.3) is 0 Å². The highest BCUT2D eigenvalue weighted by Crippen LogP contribution is 2.18. The number of likely N-dealkylation sites (tertiary alicyclic amines) is 1. The fourth-order valence-corrected chi connectivity index (χ4v) is 2.74. The summed E-state index contributed by atoms with van der Waals surface area (Å²) in [6.07, 6.45) is 2.16. The lowest BCUT2D eigenvalue weighted by molar-refractivity contribution is -0.137. The Bertz CT molecular complexity index is 663. The Morgan fingerprint density at radius 1 is 1.29 bits per heavy atom. The van der Waals surface area contributed by atoms with Crippen LogP contribution in [0.3, 0.4) is 0 Å². The molecule has 1 aliphatic rings. The summed E-state index contributed by atoms with van der Waals surface area (Å²) in [4.78, 5) is 36.9. The Kier molecular flexibility index (Phi) is 5.90. The van der Waals surface area contributed by atoms with Crippen molar-refractivity contribution in [3.05, 3.63) is 35.4 Å². The van der Waals surface area contributed by atoms with Gasteiger partial charge in [0.15, 0.2) is 0 Å². The predicted octanol–water partition coefficient (Wildman–Crippen LogP) is 0.545. The van der Waals surface area contributed by atoms with Gasteiger partial charge in [-0.15, -0.1) is 0 Å². The van der Waals surface area contributed by atoms with E-state index in [1.165, 1.54) is 4.90 Å². The van der Waals surface area contributed by atoms with E-state index in [0.717, 1.165) is 6.42 Å². The molecule has 3 amide bonds. The number of amides is 3. The van der Waals surface area contributed by atoms with Crippen molar-refractivity contribution in [1.82, 2.24) is 10.2 Å². The Morgan fingerprint density at radius 2 is 2.00 bits per heavy atom. The van der Waals surface area contributed by atoms with Gasteiger partial charge in [-0.05, 0) is 43.5 Å². The summed E-state index contributed by atoms with van der Waals surface area (Å²) < 4.78 is 0. The van der Waals surface area contributed by atoms with Gasteiger partial charge in [0.1, 0.15) is 6.04 Å². The summed E-state index contributed by atoms with van der Waals surface area (Å²) in [6, 6.07) is 7.82. The molecule has 1 aromatic rings. The maximum Gasteiger partial charge on any atom is 0.251 e. The molecule has 1 saturated heterocycles. The zero-order chi connectivity index (χ0) is 17.5. The van der Waals surface area contributed by atoms with E-state index < -0.39 is 11.9 Å². The van der Waals surface area contributed by atoms with Gasteiger partial charge < -0.3 is 16.0 Å². The molecule has 1 aliphatic heterocycles. The molecule has 0 radical (unpaired) electrons. The highest BCUT2D eigenvalue weighted by atomic mass is 16.2. The topological polar surface area (TPSA) is 116 Å². The molecule has 126 valence electrons. The lowest BCUT2D eigenvalue weighted by atomic mass is 10.1. The first-order valence-electron chi connectivity index (χ1n) is 7.90. The third-order valence-electron chi connectivity index (χ3n) is 4.03. The molecule has 24 heavy (non-hydrogen) atoms. The second-order valence-electron chi connectivity index (χ2n) is 5.70. The van der Waals surface area contributed by atoms with Gasteiger partial charge in [-0.25, -0.2) is 0 Å². The smallest absolute Gasteiger partial charge is 0.251 e. The molecule has 3 N–H and O–H groups in total. The average Bonchev–Trinajstić information content (AvgIpc) is 3.08. The number of benzene rings is 1. The lowest BCUT2D eigenvalue weighted by Gasteiger charge is -2.22. The molecule has 1 atom stereocenters. The summed E-state index contributed by atoms with van der Waals surface area (Å²) in [7, 11) is 0. The predicted molar refractivity (Wildman–Crippen MR) is 86.7 cm³/mol. The molecule has 0 spiro atoms. The van der Waals surface area contributed by atoms with Gasteiger partial charge in [-0.3, -0.25) is 14.4 Å². The van der Waals surface area contributed by atoms with E-state index in [9.17, 15) is 14.4 Å². The van der Waals surface area contributed by atoms with Gasteiger partial charge in [0.2, 0.25) is 11.8 Å². The van der Waals surface area contributed by atoms with Crippen molar-refractivity contribution in [3.8, 4) is 6.07 Å². The van der Waals surface area contributed by atoms with Crippen molar-refractivity contribution < 1.29 is 14.4 Å². The Labute approximate surface area is 140 Å². The van der Waals surface area contributed by atoms with E-state index in [4.69, 9.17) is 11.0 Å². The number of rotatable bonds is 6. The van der Waals surface area contributed by atoms with E-state index in [1.54, 1.807) is 24.3 Å². The molecule has 1 heterocycles. The highest BCUT2D eigenvalue weighted by molar-refractivity contribution is 5.94. The summed E-state index contributed by atoms with van der Waals surface area (Å²) >= 11 is 0. The number of nitriles is 1. The van der Waals surface area contributed by atoms with Crippen molar-refractivity contribution >= 4 is 17.7 Å². The summed E-state index contributed by atoms with van der Waals surface area (Å²) in [5.41, 5.74) is 6.25. The number of hydrogen-bond donors (Lipinski definition) is 2. The van der Waals surface area contributed by atoms with Gasteiger partial charge >= 0.3 is 0 Å². The molecule has 7 nitrogen and oxygen atoms in total. The van der Waals surface area contributed by atoms with Crippen molar-refractivity contribution in [2.45, 2.75) is 31.7 Å². The number of carbonyl (C=O) groups is 3. The molecule has 0 aliphatic carbocycles. The third kappa shape index (κ3) is 4.32. The van der Waals surface area contributed by atoms with Crippen molar-refractivity contribution in [1.29, 1.82) is 5.26 Å². The van der Waals surface area contributed by atoms with Crippen LogP contribution >= 0.6 is 0 Å². The normalized spacial score (nSPS) is 16.5. The van der Waals surface area contributed by atoms with Gasteiger partial charge in [0.25, 0.3) is 5.91 Å². The molecule has 0 saturated carbocycles. The van der Waals surface area contributed by atoms with E-state index in [0.29, 0.717) is 37.1 Å². The largest absolute Gasteiger partial charge is 0.368 e. The van der Waals surface area contributed by atoms with Gasteiger partial charge in [0.05, 0.1) is 11.6 Å². The molecule has 0 aromatic heterocycles. The van der Waals surface area contributed by atoms with Crippen LogP contribution in [-0.4, -0.2) is 41.8 Å². The molecule has 1 fully saturated rings. The Morgan fingerprint density at radius 3 is 2.62 bits per heavy atom. The highest BCUT2D eigenvalue weighted by Gasteiger charge is 2.31. The third-order valence-corrected chi connectivity index (χ3v) is 4.03. The average molecular weight is 328 g/mol. The number of nitrogens with one attached hydrogen (secondary N) is 1. The fourth-order valence-electron chi connectivity index (χ4n) is 2.74. The molecule has 7 heteroatoms. The fraction of sp³-hybridized carbons (Fsp3) is 0.412. The molecule has 0 unspecified atom stereocenters. The van der Waals surface area contributed by atoms with Crippen molar-refractivity contribution in [2.75, 3.05) is 13.1 Å². The zero-order valence-electron chi connectivity index (χ0n) is 13.3. The zero-order valence-corrected chi connectivity index (χ0v) is 13.3. The summed E-state index contributed by atoms with van der Waals surface area (Å²) in [5, 5.41) is 11.5. The molecule has 0 bridgehead atoms. The molecular weight excluding hydrogens is 308 g/mol. The molecule has 2 rings (SSSR count). The molecule has 1 aromatic carbocycles. The number of nitrogens with two attached hydrogens (primary N) is 1. The molecular formula is C17H20N4O3. The van der Waals surface area contributed by atoms with Crippen molar-refractivity contribution in [2.24, 2.45) is 5.73 Å². The Balaban J connectivity index is 1.74. The number of primary amides is 1. The summed E-state index contributed by atoms with van der Waals surface area (Å²) in [6.45, 7) is 0.920. The van der Waals surface area contributed by atoms with Crippen LogP contribution in [0.2, 0.25) is 0 Å². The van der Waals surface area contributed by atoms with Crippen LogP contribution in [0, 0.1) is 11.3 Å². The first-order chi connectivity index (χ1) is 11.5. The van der Waals surface area contributed by atoms with Crippen LogP contribution in [0.5, 0.6) is 0 Å². The SMILES string of the molecule is N#Cc1ccc(C(=O)NCCCC(=O)N2CCC[C@H]2C(N)=O)cc1. The van der Waals surface area contributed by atoms with Gasteiger partial charge in [-0.2, -0.15) is 5.26 Å². The van der Waals surface area contributed by atoms with Crippen LogP contribution in [0.1, 0.15) is 41.6 Å². The summed E-state index contributed by atoms with van der Waals surface area (Å²) in [5.74, 6) is -0.818. The van der Waals surface area contributed by atoms with E-state index >= 15 is 0 Å². The Hall–Kier alpha value is -2.88. The maximum absolute atomic E-state index is 12.1. The van der Waals surface area contributed by atoms with E-state index in [1.807, 2.05) is 6.07 Å². The first kappa shape index (κ1) is 17.5. The quantitative estimate of drug-likeness (QED) is 0.741.